The summed E-state index contributed by atoms with van der Waals surface area (Å²) in [6, 6.07) is 0. The van der Waals surface area contributed by atoms with Gasteiger partial charge >= 0.3 is 5.97 Å². The number of aryl methyl sites for hydroxylation is 1. The molecule has 122 valence electrons. The molecule has 0 saturated carbocycles. The van der Waals surface area contributed by atoms with E-state index in [1.165, 1.54) is 37.5 Å². The average molecular weight is 351 g/mol. The highest BCUT2D eigenvalue weighted by Gasteiger charge is 2.36. The molecule has 1 atom stereocenters. The molecule has 0 spiro atoms. The van der Waals surface area contributed by atoms with Gasteiger partial charge in [-0.25, -0.2) is 14.8 Å². The van der Waals surface area contributed by atoms with Crippen LogP contribution in [0, 0.1) is 0 Å². The molecule has 0 aliphatic rings. The summed E-state index contributed by atoms with van der Waals surface area (Å²) in [5.41, 5.74) is 5.44. The van der Waals surface area contributed by atoms with Gasteiger partial charge in [-0.15, -0.1) is 22.7 Å². The zero-order chi connectivity index (χ0) is 17.0. The maximum Gasteiger partial charge on any atom is 0.333 e. The van der Waals surface area contributed by atoms with E-state index in [0.29, 0.717) is 5.69 Å². The molecule has 2 aromatic heterocycles. The van der Waals surface area contributed by atoms with Gasteiger partial charge in [0, 0.05) is 10.8 Å². The first-order chi connectivity index (χ1) is 10.9. The van der Waals surface area contributed by atoms with E-state index in [1.54, 1.807) is 11.3 Å². The fraction of sp³-hybridized carbons (Fsp3) is 0.333. The summed E-state index contributed by atoms with van der Waals surface area (Å²) in [6.45, 7) is 3.37. The third-order valence-corrected chi connectivity index (χ3v) is 5.00. The molecule has 2 aromatic rings. The first kappa shape index (κ1) is 17.5. The van der Waals surface area contributed by atoms with Crippen LogP contribution in [-0.2, 0) is 20.7 Å². The molecular weight excluding hydrogens is 334 g/mol. The molecule has 0 amide bonds. The van der Waals surface area contributed by atoms with Crippen LogP contribution < -0.4 is 5.73 Å². The Morgan fingerprint density at radius 2 is 2.09 bits per heavy atom. The fourth-order valence-electron chi connectivity index (χ4n) is 1.70. The second kappa shape index (κ2) is 7.12. The summed E-state index contributed by atoms with van der Waals surface area (Å²) in [5.74, 6) is -1.32. The van der Waals surface area contributed by atoms with Crippen molar-refractivity contribution >= 4 is 40.5 Å². The Bertz CT molecular complexity index is 747. The van der Waals surface area contributed by atoms with E-state index in [1.807, 2.05) is 10.8 Å². The van der Waals surface area contributed by atoms with Gasteiger partial charge in [0.2, 0.25) is 0 Å². The molecular formula is C15H17N3O3S2. The van der Waals surface area contributed by atoms with E-state index in [4.69, 9.17) is 5.73 Å². The molecule has 0 aliphatic heterocycles. The van der Waals surface area contributed by atoms with Crippen LogP contribution in [-0.4, -0.2) is 34.4 Å². The van der Waals surface area contributed by atoms with E-state index in [0.717, 1.165) is 22.1 Å². The number of ether oxygens (including phenoxy) is 1. The summed E-state index contributed by atoms with van der Waals surface area (Å²) in [4.78, 5) is 32.4. The molecule has 0 saturated heterocycles. The molecule has 2 N–H and O–H groups in total. The summed E-state index contributed by atoms with van der Waals surface area (Å²) in [7, 11) is 1.19. The minimum absolute atomic E-state index is 0.541. The Hall–Kier alpha value is -1.90. The van der Waals surface area contributed by atoms with Crippen LogP contribution in [0.4, 0.5) is 0 Å². The van der Waals surface area contributed by atoms with Crippen LogP contribution in [0.15, 0.2) is 16.8 Å². The smallest absolute Gasteiger partial charge is 0.333 e. The maximum absolute atomic E-state index is 12.0. The lowest BCUT2D eigenvalue weighted by molar-refractivity contribution is -0.149. The number of carbonyl (C=O) groups excluding carboxylic acids is 2. The SMILES string of the molecule is CCc1nc(-c2nc(/C=C/C(=O)C(C)(N)C(=O)OC)cs2)cs1. The van der Waals surface area contributed by atoms with Crippen molar-refractivity contribution < 1.29 is 14.3 Å². The van der Waals surface area contributed by atoms with Crippen LogP contribution in [0.3, 0.4) is 0 Å². The first-order valence-corrected chi connectivity index (χ1v) is 8.64. The van der Waals surface area contributed by atoms with Crippen molar-refractivity contribution in [2.24, 2.45) is 5.73 Å². The van der Waals surface area contributed by atoms with Crippen LogP contribution in [0.25, 0.3) is 16.8 Å². The number of nitrogens with zero attached hydrogens (tertiary/aromatic N) is 2. The van der Waals surface area contributed by atoms with E-state index < -0.39 is 17.3 Å². The number of ketones is 1. The fourth-order valence-corrected chi connectivity index (χ4v) is 3.25. The normalized spacial score (nSPS) is 13.9. The minimum Gasteiger partial charge on any atom is -0.467 e. The van der Waals surface area contributed by atoms with Crippen molar-refractivity contribution in [3.8, 4) is 10.7 Å². The van der Waals surface area contributed by atoms with Crippen molar-refractivity contribution in [2.45, 2.75) is 25.8 Å². The number of carbonyl (C=O) groups is 2. The largest absolute Gasteiger partial charge is 0.467 e. The van der Waals surface area contributed by atoms with E-state index in [2.05, 4.69) is 21.6 Å². The third kappa shape index (κ3) is 3.90. The lowest BCUT2D eigenvalue weighted by Gasteiger charge is -2.17. The van der Waals surface area contributed by atoms with Gasteiger partial charge in [-0.05, 0) is 25.5 Å². The number of nitrogens with two attached hydrogens (primary N) is 1. The molecule has 2 heterocycles. The predicted octanol–water partition coefficient (Wildman–Crippen LogP) is 2.30. The molecule has 23 heavy (non-hydrogen) atoms. The molecule has 1 unspecified atom stereocenters. The molecule has 2 rings (SSSR count). The Balaban J connectivity index is 2.12. The summed E-state index contributed by atoms with van der Waals surface area (Å²) < 4.78 is 4.52. The van der Waals surface area contributed by atoms with Crippen molar-refractivity contribution in [2.75, 3.05) is 7.11 Å². The van der Waals surface area contributed by atoms with Crippen LogP contribution in [0.5, 0.6) is 0 Å². The number of rotatable bonds is 6. The molecule has 0 fully saturated rings. The highest BCUT2D eigenvalue weighted by molar-refractivity contribution is 7.14. The van der Waals surface area contributed by atoms with Gasteiger partial charge in [0.1, 0.15) is 10.7 Å². The zero-order valence-electron chi connectivity index (χ0n) is 13.0. The molecule has 0 radical (unpaired) electrons. The summed E-state index contributed by atoms with van der Waals surface area (Å²) >= 11 is 3.04. The monoisotopic (exact) mass is 351 g/mol. The average Bonchev–Trinajstić information content (AvgIpc) is 3.19. The van der Waals surface area contributed by atoms with Gasteiger partial charge in [0.05, 0.1) is 17.8 Å². The van der Waals surface area contributed by atoms with Gasteiger partial charge < -0.3 is 10.5 Å². The minimum atomic E-state index is -1.70. The van der Waals surface area contributed by atoms with Crippen LogP contribution in [0.1, 0.15) is 24.5 Å². The van der Waals surface area contributed by atoms with Crippen molar-refractivity contribution in [1.82, 2.24) is 9.97 Å². The predicted molar refractivity (Wildman–Crippen MR) is 91.2 cm³/mol. The molecule has 0 bridgehead atoms. The zero-order valence-corrected chi connectivity index (χ0v) is 14.7. The Morgan fingerprint density at radius 1 is 1.35 bits per heavy atom. The van der Waals surface area contributed by atoms with Gasteiger partial charge in [-0.1, -0.05) is 6.92 Å². The number of methoxy groups -OCH3 is 1. The second-order valence-corrected chi connectivity index (χ2v) is 6.75. The summed E-state index contributed by atoms with van der Waals surface area (Å²) in [6.07, 6.45) is 3.66. The second-order valence-electron chi connectivity index (χ2n) is 4.95. The lowest BCUT2D eigenvalue weighted by atomic mass is 9.97. The highest BCUT2D eigenvalue weighted by atomic mass is 32.1. The topological polar surface area (TPSA) is 95.2 Å². The highest BCUT2D eigenvalue weighted by Crippen LogP contribution is 2.26. The number of aromatic nitrogens is 2. The van der Waals surface area contributed by atoms with Crippen molar-refractivity contribution in [3.05, 3.63) is 27.5 Å². The van der Waals surface area contributed by atoms with Crippen LogP contribution in [0.2, 0.25) is 0 Å². The third-order valence-electron chi connectivity index (χ3n) is 3.12. The maximum atomic E-state index is 12.0. The molecule has 0 aromatic carbocycles. The lowest BCUT2D eigenvalue weighted by Crippen LogP contribution is -2.52. The van der Waals surface area contributed by atoms with Gasteiger partial charge in [0.15, 0.2) is 11.3 Å². The standard InChI is InChI=1S/C15H17N3O3S2/c1-4-12-18-10(8-22-12)13-17-9(7-23-13)5-6-11(19)15(2,16)14(20)21-3/h5-8H,4,16H2,1-3H3/b6-5+. The Morgan fingerprint density at radius 3 is 2.70 bits per heavy atom. The molecule has 8 heteroatoms. The van der Waals surface area contributed by atoms with Gasteiger partial charge in [-0.3, -0.25) is 4.79 Å². The van der Waals surface area contributed by atoms with Crippen molar-refractivity contribution in [3.63, 3.8) is 0 Å². The number of hydrogen-bond donors (Lipinski definition) is 1. The first-order valence-electron chi connectivity index (χ1n) is 6.88. The number of hydrogen-bond acceptors (Lipinski definition) is 8. The van der Waals surface area contributed by atoms with Crippen LogP contribution >= 0.6 is 22.7 Å². The molecule has 0 aliphatic carbocycles. The van der Waals surface area contributed by atoms with Gasteiger partial charge in [-0.2, -0.15) is 0 Å². The Labute approximate surface area is 142 Å². The number of esters is 1. The summed E-state index contributed by atoms with van der Waals surface area (Å²) in [5, 5.41) is 5.62. The molecule has 6 nitrogen and oxygen atoms in total. The van der Waals surface area contributed by atoms with E-state index >= 15 is 0 Å². The van der Waals surface area contributed by atoms with E-state index in [-0.39, 0.29) is 0 Å². The van der Waals surface area contributed by atoms with E-state index in [9.17, 15) is 9.59 Å². The Kier molecular flexibility index (Phi) is 5.40. The quantitative estimate of drug-likeness (QED) is 0.487. The van der Waals surface area contributed by atoms with Crippen molar-refractivity contribution in [1.29, 1.82) is 0 Å². The van der Waals surface area contributed by atoms with Gasteiger partial charge in [0.25, 0.3) is 0 Å². The number of thiazole rings is 2.